The van der Waals surface area contributed by atoms with Crippen LogP contribution in [0.15, 0.2) is 48.7 Å². The van der Waals surface area contributed by atoms with Crippen molar-refractivity contribution in [1.29, 1.82) is 0 Å². The van der Waals surface area contributed by atoms with E-state index in [1.54, 1.807) is 47.0 Å². The van der Waals surface area contributed by atoms with Crippen LogP contribution in [0.5, 0.6) is 0 Å². The van der Waals surface area contributed by atoms with Gasteiger partial charge in [0.1, 0.15) is 5.82 Å². The van der Waals surface area contributed by atoms with E-state index in [0.717, 1.165) is 6.42 Å². The SMILES string of the molecule is CCC(C)NC(=O)c1nc(C(=O)NCc2ccccc2F)c2ccccn12. The Morgan fingerprint density at radius 2 is 1.89 bits per heavy atom. The molecule has 3 aromatic rings. The van der Waals surface area contributed by atoms with Gasteiger partial charge < -0.3 is 10.6 Å². The summed E-state index contributed by atoms with van der Waals surface area (Å²) >= 11 is 0. The van der Waals surface area contributed by atoms with E-state index in [4.69, 9.17) is 0 Å². The topological polar surface area (TPSA) is 75.5 Å². The Bertz CT molecular complexity index is 983. The maximum Gasteiger partial charge on any atom is 0.287 e. The summed E-state index contributed by atoms with van der Waals surface area (Å²) in [6.07, 6.45) is 2.46. The second-order valence-electron chi connectivity index (χ2n) is 6.30. The fourth-order valence-corrected chi connectivity index (χ4v) is 2.66. The molecule has 2 N–H and O–H groups in total. The zero-order valence-electron chi connectivity index (χ0n) is 15.2. The molecule has 1 aromatic carbocycles. The highest BCUT2D eigenvalue weighted by atomic mass is 19.1. The van der Waals surface area contributed by atoms with Crippen LogP contribution in [0.2, 0.25) is 0 Å². The molecule has 27 heavy (non-hydrogen) atoms. The average molecular weight is 368 g/mol. The molecular formula is C20H21FN4O2. The third-order valence-corrected chi connectivity index (χ3v) is 4.35. The summed E-state index contributed by atoms with van der Waals surface area (Å²) in [6.45, 7) is 3.90. The normalized spacial score (nSPS) is 12.0. The molecule has 0 aliphatic rings. The second kappa shape index (κ2) is 7.99. The molecule has 0 bridgehead atoms. The average Bonchev–Trinajstić information content (AvgIpc) is 3.07. The number of hydrogen-bond acceptors (Lipinski definition) is 3. The van der Waals surface area contributed by atoms with Crippen LogP contribution in [-0.4, -0.2) is 27.2 Å². The number of nitrogens with one attached hydrogen (secondary N) is 2. The van der Waals surface area contributed by atoms with Crippen molar-refractivity contribution in [3.63, 3.8) is 0 Å². The summed E-state index contributed by atoms with van der Waals surface area (Å²) in [6, 6.07) is 11.5. The molecule has 7 heteroatoms. The van der Waals surface area contributed by atoms with Crippen molar-refractivity contribution in [2.45, 2.75) is 32.9 Å². The van der Waals surface area contributed by atoms with Gasteiger partial charge in [0.05, 0.1) is 5.52 Å². The molecule has 0 radical (unpaired) electrons. The summed E-state index contributed by atoms with van der Waals surface area (Å²) in [5.41, 5.74) is 1.02. The van der Waals surface area contributed by atoms with Gasteiger partial charge >= 0.3 is 0 Å². The van der Waals surface area contributed by atoms with E-state index >= 15 is 0 Å². The summed E-state index contributed by atoms with van der Waals surface area (Å²) in [4.78, 5) is 29.4. The van der Waals surface area contributed by atoms with Crippen molar-refractivity contribution in [3.05, 3.63) is 71.6 Å². The molecule has 2 heterocycles. The Labute approximate surface area is 156 Å². The smallest absolute Gasteiger partial charge is 0.287 e. The third kappa shape index (κ3) is 3.97. The van der Waals surface area contributed by atoms with Crippen LogP contribution >= 0.6 is 0 Å². The number of hydrogen-bond donors (Lipinski definition) is 2. The van der Waals surface area contributed by atoms with Gasteiger partial charge in [-0.1, -0.05) is 31.2 Å². The van der Waals surface area contributed by atoms with Crippen molar-refractivity contribution >= 4 is 17.3 Å². The number of aromatic nitrogens is 2. The van der Waals surface area contributed by atoms with Crippen LogP contribution in [0, 0.1) is 5.82 Å². The highest BCUT2D eigenvalue weighted by Crippen LogP contribution is 2.14. The van der Waals surface area contributed by atoms with E-state index in [0.29, 0.717) is 11.1 Å². The highest BCUT2D eigenvalue weighted by Gasteiger charge is 2.22. The Kier molecular flexibility index (Phi) is 5.49. The van der Waals surface area contributed by atoms with E-state index in [9.17, 15) is 14.0 Å². The predicted octanol–water partition coefficient (Wildman–Crippen LogP) is 2.93. The summed E-state index contributed by atoms with van der Waals surface area (Å²) in [5.74, 6) is -1.06. The second-order valence-corrected chi connectivity index (χ2v) is 6.30. The lowest BCUT2D eigenvalue weighted by Gasteiger charge is -2.10. The van der Waals surface area contributed by atoms with Crippen molar-refractivity contribution in [1.82, 2.24) is 20.0 Å². The van der Waals surface area contributed by atoms with E-state index in [1.807, 2.05) is 13.8 Å². The van der Waals surface area contributed by atoms with E-state index in [1.165, 1.54) is 6.07 Å². The van der Waals surface area contributed by atoms with Gasteiger partial charge in [0.25, 0.3) is 11.8 Å². The van der Waals surface area contributed by atoms with Crippen molar-refractivity contribution < 1.29 is 14.0 Å². The number of rotatable bonds is 6. The van der Waals surface area contributed by atoms with Crippen LogP contribution in [0.3, 0.4) is 0 Å². The van der Waals surface area contributed by atoms with Gasteiger partial charge in [-0.25, -0.2) is 9.37 Å². The van der Waals surface area contributed by atoms with Gasteiger partial charge in [-0.15, -0.1) is 0 Å². The number of imidazole rings is 1. The molecule has 0 saturated heterocycles. The zero-order valence-corrected chi connectivity index (χ0v) is 15.2. The Morgan fingerprint density at radius 3 is 2.63 bits per heavy atom. The molecule has 1 unspecified atom stereocenters. The quantitative estimate of drug-likeness (QED) is 0.702. The Balaban J connectivity index is 1.87. The van der Waals surface area contributed by atoms with E-state index in [2.05, 4.69) is 15.6 Å². The number of nitrogens with zero attached hydrogens (tertiary/aromatic N) is 2. The van der Waals surface area contributed by atoms with Crippen LogP contribution in [-0.2, 0) is 6.54 Å². The van der Waals surface area contributed by atoms with E-state index < -0.39 is 5.91 Å². The minimum Gasteiger partial charge on any atom is -0.347 e. The van der Waals surface area contributed by atoms with Gasteiger partial charge in [-0.05, 0) is 31.5 Å². The van der Waals surface area contributed by atoms with Crippen molar-refractivity contribution in [2.75, 3.05) is 0 Å². The lowest BCUT2D eigenvalue weighted by molar-refractivity contribution is 0.0928. The standard InChI is InChI=1S/C20H21FN4O2/c1-3-13(2)23-20(27)18-24-17(16-10-6-7-11-25(16)18)19(26)22-12-14-8-4-5-9-15(14)21/h4-11,13H,3,12H2,1-2H3,(H,22,26)(H,23,27). The molecule has 0 spiro atoms. The molecule has 140 valence electrons. The molecule has 0 aliphatic heterocycles. The number of halogens is 1. The first-order valence-corrected chi connectivity index (χ1v) is 8.80. The van der Waals surface area contributed by atoms with Crippen LogP contribution < -0.4 is 10.6 Å². The molecule has 0 fully saturated rings. The first kappa shape index (κ1) is 18.6. The highest BCUT2D eigenvalue weighted by molar-refractivity contribution is 6.02. The molecule has 0 aliphatic carbocycles. The first-order valence-electron chi connectivity index (χ1n) is 8.80. The van der Waals surface area contributed by atoms with Crippen molar-refractivity contribution in [3.8, 4) is 0 Å². The monoisotopic (exact) mass is 368 g/mol. The fourth-order valence-electron chi connectivity index (χ4n) is 2.66. The molecular weight excluding hydrogens is 347 g/mol. The Morgan fingerprint density at radius 1 is 1.15 bits per heavy atom. The fraction of sp³-hybridized carbons (Fsp3) is 0.250. The predicted molar refractivity (Wildman–Crippen MR) is 100.0 cm³/mol. The summed E-state index contributed by atoms with van der Waals surface area (Å²) < 4.78 is 15.3. The minimum atomic E-state index is -0.468. The summed E-state index contributed by atoms with van der Waals surface area (Å²) in [7, 11) is 0. The summed E-state index contributed by atoms with van der Waals surface area (Å²) in [5, 5.41) is 5.52. The third-order valence-electron chi connectivity index (χ3n) is 4.35. The first-order chi connectivity index (χ1) is 13.0. The van der Waals surface area contributed by atoms with Gasteiger partial charge in [0.15, 0.2) is 5.69 Å². The van der Waals surface area contributed by atoms with Gasteiger partial charge in [0.2, 0.25) is 5.82 Å². The molecule has 1 atom stereocenters. The van der Waals surface area contributed by atoms with E-state index in [-0.39, 0.29) is 35.8 Å². The maximum atomic E-state index is 13.7. The number of benzene rings is 1. The molecule has 6 nitrogen and oxygen atoms in total. The molecule has 0 saturated carbocycles. The van der Waals surface area contributed by atoms with Gasteiger partial charge in [0, 0.05) is 24.3 Å². The molecule has 2 amide bonds. The molecule has 3 rings (SSSR count). The largest absolute Gasteiger partial charge is 0.347 e. The minimum absolute atomic E-state index is 0.00750. The lowest BCUT2D eigenvalue weighted by atomic mass is 10.2. The lowest BCUT2D eigenvalue weighted by Crippen LogP contribution is -2.33. The number of pyridine rings is 1. The zero-order chi connectivity index (χ0) is 19.4. The Hall–Kier alpha value is -3.22. The van der Waals surface area contributed by atoms with Crippen LogP contribution in [0.4, 0.5) is 4.39 Å². The van der Waals surface area contributed by atoms with Crippen molar-refractivity contribution in [2.24, 2.45) is 0 Å². The number of carbonyl (C=O) groups excluding carboxylic acids is 2. The van der Waals surface area contributed by atoms with Gasteiger partial charge in [-0.3, -0.25) is 14.0 Å². The molecule has 2 aromatic heterocycles. The number of carbonyl (C=O) groups is 2. The van der Waals surface area contributed by atoms with Crippen LogP contribution in [0.1, 0.15) is 46.9 Å². The number of fused-ring (bicyclic) bond motifs is 1. The van der Waals surface area contributed by atoms with Crippen LogP contribution in [0.25, 0.3) is 5.52 Å². The van der Waals surface area contributed by atoms with Gasteiger partial charge in [-0.2, -0.15) is 0 Å². The number of amides is 2. The maximum absolute atomic E-state index is 13.7.